The molecule has 0 aromatic heterocycles. The molecule has 0 aliphatic carbocycles. The highest BCUT2D eigenvalue weighted by atomic mass is 32.2. The van der Waals surface area contributed by atoms with Gasteiger partial charge < -0.3 is 9.64 Å². The molecule has 0 unspecified atom stereocenters. The predicted molar refractivity (Wildman–Crippen MR) is 110 cm³/mol. The van der Waals surface area contributed by atoms with Gasteiger partial charge in [-0.1, -0.05) is 0 Å². The monoisotopic (exact) mass is 447 g/mol. The summed E-state index contributed by atoms with van der Waals surface area (Å²) in [6.07, 6.45) is 0.503. The van der Waals surface area contributed by atoms with Gasteiger partial charge in [-0.3, -0.25) is 0 Å². The van der Waals surface area contributed by atoms with Crippen molar-refractivity contribution in [3.8, 4) is 0 Å². The fourth-order valence-corrected chi connectivity index (χ4v) is 5.25. The molecule has 1 saturated heterocycles. The van der Waals surface area contributed by atoms with Crippen molar-refractivity contribution in [1.29, 1.82) is 0 Å². The molecule has 1 aliphatic heterocycles. The van der Waals surface area contributed by atoms with Gasteiger partial charge >= 0.3 is 5.97 Å². The fraction of sp³-hybridized carbons (Fsp3) is 0.611. The van der Waals surface area contributed by atoms with E-state index in [0.717, 1.165) is 0 Å². The first-order valence-corrected chi connectivity index (χ1v) is 12.5. The Morgan fingerprint density at radius 1 is 1.03 bits per heavy atom. The van der Waals surface area contributed by atoms with Crippen LogP contribution in [0.3, 0.4) is 0 Å². The van der Waals surface area contributed by atoms with Crippen LogP contribution in [0.5, 0.6) is 0 Å². The normalized spacial score (nSPS) is 16.8. The Morgan fingerprint density at radius 3 is 2.14 bits per heavy atom. The van der Waals surface area contributed by atoms with Crippen LogP contribution in [0.15, 0.2) is 29.2 Å². The van der Waals surface area contributed by atoms with Crippen LogP contribution >= 0.6 is 0 Å². The fourth-order valence-electron chi connectivity index (χ4n) is 2.97. The van der Waals surface area contributed by atoms with Gasteiger partial charge in [-0.2, -0.15) is 4.31 Å². The number of sulfonamides is 2. The predicted octanol–water partition coefficient (Wildman–Crippen LogP) is 0.451. The van der Waals surface area contributed by atoms with Gasteiger partial charge in [-0.05, 0) is 44.2 Å². The number of hydrogen-bond donors (Lipinski definition) is 0. The molecule has 0 N–H and O–H groups in total. The van der Waals surface area contributed by atoms with Crippen molar-refractivity contribution in [3.63, 3.8) is 0 Å². The van der Waals surface area contributed by atoms with Crippen molar-refractivity contribution >= 4 is 26.0 Å². The van der Waals surface area contributed by atoms with E-state index in [1.807, 2.05) is 0 Å². The maximum atomic E-state index is 12.8. The van der Waals surface area contributed by atoms with Gasteiger partial charge in [0.25, 0.3) is 0 Å². The minimum Gasteiger partial charge on any atom is -0.462 e. The standard InChI is InChI=1S/C18H29N3O6S2/c1-4-27-18(22)16-6-8-17(9-7-16)29(25,26)21-13-11-20(12-14-21)10-5-15-28(23,24)19(2)3/h6-9H,4-5,10-15H2,1-3H3. The van der Waals surface area contributed by atoms with Crippen molar-refractivity contribution in [3.05, 3.63) is 29.8 Å². The van der Waals surface area contributed by atoms with Crippen LogP contribution < -0.4 is 0 Å². The smallest absolute Gasteiger partial charge is 0.338 e. The summed E-state index contributed by atoms with van der Waals surface area (Å²) in [5, 5.41) is 0. The van der Waals surface area contributed by atoms with Crippen LogP contribution in [-0.4, -0.2) is 95.5 Å². The molecule has 2 rings (SSSR count). The topological polar surface area (TPSA) is 104 Å². The molecule has 1 aliphatic rings. The molecule has 29 heavy (non-hydrogen) atoms. The number of rotatable bonds is 9. The highest BCUT2D eigenvalue weighted by Crippen LogP contribution is 2.19. The van der Waals surface area contributed by atoms with Gasteiger partial charge in [0, 0.05) is 40.3 Å². The van der Waals surface area contributed by atoms with Crippen molar-refractivity contribution in [2.24, 2.45) is 0 Å². The summed E-state index contributed by atoms with van der Waals surface area (Å²) in [6, 6.07) is 5.73. The van der Waals surface area contributed by atoms with Gasteiger partial charge in [0.05, 0.1) is 22.8 Å². The quantitative estimate of drug-likeness (QED) is 0.506. The van der Waals surface area contributed by atoms with E-state index >= 15 is 0 Å². The largest absolute Gasteiger partial charge is 0.462 e. The number of benzene rings is 1. The highest BCUT2D eigenvalue weighted by Gasteiger charge is 2.28. The molecule has 1 heterocycles. The number of esters is 1. The molecule has 1 aromatic carbocycles. The van der Waals surface area contributed by atoms with Crippen LogP contribution in [0.25, 0.3) is 0 Å². The molecule has 0 spiro atoms. The molecule has 0 amide bonds. The summed E-state index contributed by atoms with van der Waals surface area (Å²) in [5.74, 6) is -0.410. The molecule has 11 heteroatoms. The number of hydrogen-bond acceptors (Lipinski definition) is 7. The maximum absolute atomic E-state index is 12.8. The number of piperazine rings is 1. The summed E-state index contributed by atoms with van der Waals surface area (Å²) >= 11 is 0. The average molecular weight is 448 g/mol. The van der Waals surface area contributed by atoms with Crippen LogP contribution in [0.4, 0.5) is 0 Å². The van der Waals surface area contributed by atoms with E-state index in [0.29, 0.717) is 44.7 Å². The molecule has 0 radical (unpaired) electrons. The SMILES string of the molecule is CCOC(=O)c1ccc(S(=O)(=O)N2CCN(CCCS(=O)(=O)N(C)C)CC2)cc1. The highest BCUT2D eigenvalue weighted by molar-refractivity contribution is 7.89. The molecular formula is C18H29N3O6S2. The first-order valence-electron chi connectivity index (χ1n) is 9.48. The minimum atomic E-state index is -3.64. The zero-order chi connectivity index (χ0) is 21.7. The molecule has 1 fully saturated rings. The van der Waals surface area contributed by atoms with E-state index in [4.69, 9.17) is 4.74 Å². The van der Waals surface area contributed by atoms with E-state index in [1.165, 1.54) is 47.0 Å². The number of carbonyl (C=O) groups excluding carboxylic acids is 1. The Hall–Kier alpha value is -1.53. The van der Waals surface area contributed by atoms with Crippen molar-refractivity contribution in [2.45, 2.75) is 18.2 Å². The Labute approximate surface area is 173 Å². The summed E-state index contributed by atoms with van der Waals surface area (Å²) in [5.41, 5.74) is 0.309. The third-order valence-corrected chi connectivity index (χ3v) is 8.60. The molecule has 9 nitrogen and oxygen atoms in total. The van der Waals surface area contributed by atoms with E-state index in [1.54, 1.807) is 6.92 Å². The summed E-state index contributed by atoms with van der Waals surface area (Å²) in [4.78, 5) is 13.9. The lowest BCUT2D eigenvalue weighted by molar-refractivity contribution is 0.0526. The number of carbonyl (C=O) groups is 1. The van der Waals surface area contributed by atoms with Gasteiger partial charge in [0.15, 0.2) is 0 Å². The molecule has 1 aromatic rings. The zero-order valence-corrected chi connectivity index (χ0v) is 18.7. The van der Waals surface area contributed by atoms with Gasteiger partial charge in [0.2, 0.25) is 20.0 Å². The van der Waals surface area contributed by atoms with Crippen molar-refractivity contribution in [1.82, 2.24) is 13.5 Å². The Kier molecular flexibility index (Phi) is 8.18. The van der Waals surface area contributed by atoms with Crippen LogP contribution in [0.1, 0.15) is 23.7 Å². The second kappa shape index (κ2) is 9.98. The molecule has 0 saturated carbocycles. The summed E-state index contributed by atoms with van der Waals surface area (Å²) in [7, 11) is -3.83. The first-order chi connectivity index (χ1) is 13.6. The lowest BCUT2D eigenvalue weighted by atomic mass is 10.2. The minimum absolute atomic E-state index is 0.0747. The molecule has 0 atom stereocenters. The Bertz CT molecular complexity index is 890. The van der Waals surface area contributed by atoms with Crippen LogP contribution in [0, 0.1) is 0 Å². The van der Waals surface area contributed by atoms with E-state index in [9.17, 15) is 21.6 Å². The summed E-state index contributed by atoms with van der Waals surface area (Å²) < 4.78 is 56.8. The first kappa shape index (κ1) is 23.7. The second-order valence-corrected chi connectivity index (χ2v) is 11.2. The maximum Gasteiger partial charge on any atom is 0.338 e. The van der Waals surface area contributed by atoms with Crippen molar-refractivity contribution in [2.75, 3.05) is 59.2 Å². The van der Waals surface area contributed by atoms with Gasteiger partial charge in [-0.15, -0.1) is 0 Å². The molecule has 164 valence electrons. The third kappa shape index (κ3) is 6.22. The van der Waals surface area contributed by atoms with Gasteiger partial charge in [-0.25, -0.2) is 25.9 Å². The average Bonchev–Trinajstić information content (AvgIpc) is 2.68. The van der Waals surface area contributed by atoms with Gasteiger partial charge in [0.1, 0.15) is 0 Å². The number of nitrogens with zero attached hydrogens (tertiary/aromatic N) is 3. The Morgan fingerprint density at radius 2 is 1.62 bits per heavy atom. The van der Waals surface area contributed by atoms with Crippen LogP contribution in [-0.2, 0) is 24.8 Å². The van der Waals surface area contributed by atoms with E-state index in [-0.39, 0.29) is 17.3 Å². The molecule has 0 bridgehead atoms. The number of ether oxygens (including phenoxy) is 1. The zero-order valence-electron chi connectivity index (χ0n) is 17.1. The second-order valence-electron chi connectivity index (χ2n) is 6.94. The lowest BCUT2D eigenvalue weighted by Crippen LogP contribution is -2.48. The Balaban J connectivity index is 1.90. The third-order valence-electron chi connectivity index (χ3n) is 4.77. The summed E-state index contributed by atoms with van der Waals surface area (Å²) in [6.45, 7) is 4.33. The van der Waals surface area contributed by atoms with Crippen molar-refractivity contribution < 1.29 is 26.4 Å². The molecular weight excluding hydrogens is 418 g/mol. The van der Waals surface area contributed by atoms with E-state index in [2.05, 4.69) is 4.90 Å². The van der Waals surface area contributed by atoms with E-state index < -0.39 is 26.0 Å². The lowest BCUT2D eigenvalue weighted by Gasteiger charge is -2.34. The van der Waals surface area contributed by atoms with Crippen LogP contribution in [0.2, 0.25) is 0 Å².